The zero-order chi connectivity index (χ0) is 58.0. The van der Waals surface area contributed by atoms with Crippen molar-refractivity contribution in [3.05, 3.63) is 72.9 Å². The number of aryl methyl sites for hydroxylation is 2. The number of imidazole rings is 4. The maximum absolute atomic E-state index is 13.9. The molecular weight excluding hydrogens is 1080 g/mol. The first-order chi connectivity index (χ1) is 40.9. The van der Waals surface area contributed by atoms with Crippen molar-refractivity contribution in [3.63, 3.8) is 0 Å². The van der Waals surface area contributed by atoms with E-state index in [4.69, 9.17) is 29.9 Å². The van der Waals surface area contributed by atoms with Crippen molar-refractivity contribution in [2.45, 2.75) is 177 Å². The number of aromatic nitrogens is 18. The maximum Gasteiger partial charge on any atom is 0.317 e. The Morgan fingerprint density at radius 1 is 0.571 bits per heavy atom. The molecule has 8 aromatic heterocycles. The lowest BCUT2D eigenvalue weighted by Gasteiger charge is -2.35. The van der Waals surface area contributed by atoms with Crippen LogP contribution in [-0.2, 0) is 39.1 Å². The minimum atomic E-state index is -1.19. The van der Waals surface area contributed by atoms with E-state index < -0.39 is 48.6 Å². The lowest BCUT2D eigenvalue weighted by Crippen LogP contribution is -2.50. The summed E-state index contributed by atoms with van der Waals surface area (Å²) in [7, 11) is 0. The first-order valence-electron chi connectivity index (χ1n) is 29.3. The van der Waals surface area contributed by atoms with E-state index in [0.717, 1.165) is 56.6 Å². The predicted octanol–water partition coefficient (Wildman–Crippen LogP) is 1.09. The Kier molecular flexibility index (Phi) is 16.6. The number of nitrogens with zero attached hydrogens (tertiary/aromatic N) is 19. The second-order valence-electron chi connectivity index (χ2n) is 22.5. The highest BCUT2D eigenvalue weighted by Crippen LogP contribution is 2.42. The molecule has 1 saturated heterocycles. The molecule has 8 aromatic rings. The number of fused-ring (bicyclic) bond motifs is 2. The molecule has 2 amide bonds. The number of hydrogen-bond donors (Lipinski definition) is 11. The van der Waals surface area contributed by atoms with Crippen molar-refractivity contribution in [2.75, 3.05) is 47.4 Å². The topological polar surface area (TPSA) is 386 Å². The van der Waals surface area contributed by atoms with Gasteiger partial charge in [0, 0.05) is 82.6 Å². The van der Waals surface area contributed by atoms with Crippen LogP contribution in [0.4, 0.5) is 28.3 Å². The summed E-state index contributed by atoms with van der Waals surface area (Å²) in [6.07, 6.45) is 16.2. The Bertz CT molecular complexity index is 3500. The van der Waals surface area contributed by atoms with Gasteiger partial charge in [-0.15, -0.1) is 0 Å². The van der Waals surface area contributed by atoms with Crippen molar-refractivity contribution >= 4 is 51.9 Å². The molecule has 448 valence electrons. The van der Waals surface area contributed by atoms with Crippen molar-refractivity contribution < 1.29 is 35.4 Å². The third-order valence-corrected chi connectivity index (χ3v) is 16.9. The maximum atomic E-state index is 13.9. The van der Waals surface area contributed by atoms with Crippen LogP contribution in [0.2, 0.25) is 0 Å². The van der Waals surface area contributed by atoms with Gasteiger partial charge in [-0.3, -0.25) is 0 Å². The van der Waals surface area contributed by atoms with Gasteiger partial charge in [-0.05, 0) is 64.7 Å². The molecule has 8 atom stereocenters. The van der Waals surface area contributed by atoms with Gasteiger partial charge in [0.15, 0.2) is 34.0 Å². The first-order valence-corrected chi connectivity index (χ1v) is 29.3. The molecule has 31 heteroatoms. The number of piperidine rings is 1. The monoisotopic (exact) mass is 1160 g/mol. The van der Waals surface area contributed by atoms with Gasteiger partial charge in [0.05, 0.1) is 74.4 Å². The fraction of sp³-hybridized carbons (Fsp3) is 0.604. The Balaban J connectivity index is 0.682. The zero-order valence-electron chi connectivity index (χ0n) is 47.0. The Morgan fingerprint density at radius 3 is 1.52 bits per heavy atom. The van der Waals surface area contributed by atoms with Gasteiger partial charge in [0.2, 0.25) is 11.9 Å². The molecule has 0 spiro atoms. The quantitative estimate of drug-likeness (QED) is 0.0452. The molecule has 4 fully saturated rings. The molecule has 3 saturated carbocycles. The number of aliphatic hydroxyl groups excluding tert-OH is 6. The van der Waals surface area contributed by atoms with Crippen LogP contribution in [0.25, 0.3) is 22.3 Å². The second-order valence-corrected chi connectivity index (χ2v) is 22.5. The summed E-state index contributed by atoms with van der Waals surface area (Å²) < 4.78 is 7.64. The summed E-state index contributed by atoms with van der Waals surface area (Å²) in [5.74, 6) is 1.77. The van der Waals surface area contributed by atoms with Gasteiger partial charge in [-0.1, -0.05) is 6.92 Å². The van der Waals surface area contributed by atoms with Gasteiger partial charge >= 0.3 is 6.03 Å². The van der Waals surface area contributed by atoms with Gasteiger partial charge in [0.1, 0.15) is 47.9 Å². The van der Waals surface area contributed by atoms with Crippen LogP contribution < -0.4 is 26.6 Å². The van der Waals surface area contributed by atoms with E-state index in [2.05, 4.69) is 75.4 Å². The predicted molar refractivity (Wildman–Crippen MR) is 303 cm³/mol. The molecule has 0 bridgehead atoms. The fourth-order valence-electron chi connectivity index (χ4n) is 12.2. The second kappa shape index (κ2) is 24.7. The molecule has 84 heavy (non-hydrogen) atoms. The molecule has 3 aliphatic carbocycles. The average molecular weight is 1160 g/mol. The van der Waals surface area contributed by atoms with E-state index in [1.54, 1.807) is 21.8 Å². The molecule has 0 radical (unpaired) electrons. The van der Waals surface area contributed by atoms with Crippen LogP contribution in [0.3, 0.4) is 0 Å². The summed E-state index contributed by atoms with van der Waals surface area (Å²) >= 11 is 0. The number of carbonyl (C=O) groups is 1. The van der Waals surface area contributed by atoms with Crippen LogP contribution in [0.15, 0.2) is 50.1 Å². The largest absolute Gasteiger partial charge is 0.390 e. The highest BCUT2D eigenvalue weighted by Gasteiger charge is 2.47. The first kappa shape index (κ1) is 56.5. The molecule has 11 N–H and O–H groups in total. The number of rotatable bonds is 22. The third-order valence-electron chi connectivity index (χ3n) is 16.9. The van der Waals surface area contributed by atoms with Gasteiger partial charge < -0.3 is 80.4 Å². The summed E-state index contributed by atoms with van der Waals surface area (Å²) in [5, 5.41) is 98.9. The lowest BCUT2D eigenvalue weighted by atomic mass is 9.91. The Labute approximate surface area is 482 Å². The molecule has 12 rings (SSSR count). The minimum Gasteiger partial charge on any atom is -0.390 e. The summed E-state index contributed by atoms with van der Waals surface area (Å²) in [6.45, 7) is 7.34. The Hall–Kier alpha value is -7.97. The number of nitrogens with one attached hydrogen (secondary N) is 5. The van der Waals surface area contributed by atoms with Gasteiger partial charge in [0.25, 0.3) is 0 Å². The molecule has 9 heterocycles. The summed E-state index contributed by atoms with van der Waals surface area (Å²) in [4.78, 5) is 56.7. The number of aliphatic hydroxyl groups is 6. The number of likely N-dealkylation sites (tertiary alicyclic amines) is 1. The minimum absolute atomic E-state index is 0.0153. The molecule has 1 aliphatic heterocycles. The number of carbonyl (C=O) groups excluding carboxylic acids is 1. The smallest absolute Gasteiger partial charge is 0.317 e. The van der Waals surface area contributed by atoms with E-state index in [9.17, 15) is 35.4 Å². The third kappa shape index (κ3) is 11.8. The number of anilines is 4. The van der Waals surface area contributed by atoms with E-state index >= 15 is 0 Å². The average Bonchev–Trinajstić information content (AvgIpc) is 2.38. The number of hydrogen-bond acceptors (Lipinski definition) is 23. The van der Waals surface area contributed by atoms with Crippen LogP contribution in [0, 0.1) is 0 Å². The molecule has 0 unspecified atom stereocenters. The van der Waals surface area contributed by atoms with Crippen LogP contribution in [0.1, 0.15) is 119 Å². The van der Waals surface area contributed by atoms with Crippen LogP contribution in [0.5, 0.6) is 0 Å². The molecular formula is C53H74N24O7. The van der Waals surface area contributed by atoms with Gasteiger partial charge in [-0.25, -0.2) is 24.7 Å². The number of amides is 2. The van der Waals surface area contributed by atoms with Crippen molar-refractivity contribution in [3.8, 4) is 0 Å². The van der Waals surface area contributed by atoms with E-state index in [1.807, 2.05) is 34.5 Å². The van der Waals surface area contributed by atoms with Crippen molar-refractivity contribution in [2.24, 2.45) is 0 Å². The summed E-state index contributed by atoms with van der Waals surface area (Å²) in [5.41, 5.74) is 4.55. The van der Waals surface area contributed by atoms with E-state index in [0.29, 0.717) is 109 Å². The highest BCUT2D eigenvalue weighted by molar-refractivity contribution is 5.85. The van der Waals surface area contributed by atoms with Gasteiger partial charge in [-0.2, -0.15) is 49.9 Å². The molecule has 31 nitrogen and oxygen atoms in total. The van der Waals surface area contributed by atoms with Crippen LogP contribution >= 0.6 is 0 Å². The van der Waals surface area contributed by atoms with Crippen molar-refractivity contribution in [1.82, 2.24) is 98.3 Å². The Morgan fingerprint density at radius 2 is 1.05 bits per heavy atom. The van der Waals surface area contributed by atoms with Crippen LogP contribution in [-0.4, -0.2) is 198 Å². The van der Waals surface area contributed by atoms with E-state index in [1.165, 1.54) is 22.0 Å². The summed E-state index contributed by atoms with van der Waals surface area (Å²) in [6, 6.07) is -2.71. The standard InChI is InChI=1S/C53H74N24O7/c1-3-15-72-23-34(57-27-72)10-14-55-51-65-47(41-49(67-51)74(28-58-41)37-18-39(45(82)43(37)80)76-60-20-35(24-78)69-76)62-30-5-7-31(8-6-30)64-53(84)73-16-11-32(12-17-73)63-48-42-50(68-52(66-48)54-13-9-33-22-71(4-2)26-56-33)75(29-59-42)38-19-40(46(83)44(38)81)77-61-21-36(25-79)70-77/h20-23,26-32,37-40,43-46,78-83H,3-19,24-25H2,1-2H3,(H,64,84)(H2,54,63,66,68)(H2,55,62,65,67)/t30?,31?,37-,38-,39+,40+,43+,44+,45-,46-/m1/s1. The number of urea groups is 1. The van der Waals surface area contributed by atoms with Crippen molar-refractivity contribution in [1.29, 1.82) is 0 Å². The molecule has 0 aromatic carbocycles. The zero-order valence-corrected chi connectivity index (χ0v) is 47.0. The normalized spacial score (nSPS) is 24.8. The molecule has 4 aliphatic rings. The SMILES string of the molecule is CCCn1cnc(CCNc2nc(NC3CCC(NC(=O)N4CCC(Nc5nc(NCCc6cn(CC)cn6)nc6c5ncn6[C@@H]5C[C@H](n6ncc(CO)n6)[C@@H](O)[C@H]5O)CC4)CC3)c3ncn([C@@H]4C[C@H](n5ncc(CO)n5)[C@@H](O)[C@H]4O)c3n2)c1. The fourth-order valence-corrected chi connectivity index (χ4v) is 12.2. The highest BCUT2D eigenvalue weighted by atomic mass is 16.3. The lowest BCUT2D eigenvalue weighted by molar-refractivity contribution is 0.00491. The van der Waals surface area contributed by atoms with E-state index in [-0.39, 0.29) is 50.2 Å².